The number of benzene rings is 2. The molecule has 0 amide bonds. The second kappa shape index (κ2) is 5.98. The Labute approximate surface area is 136 Å². The summed E-state index contributed by atoms with van der Waals surface area (Å²) in [6.07, 6.45) is 4.58. The molecule has 2 aromatic carbocycles. The molecule has 1 saturated heterocycles. The third-order valence-corrected chi connectivity index (χ3v) is 5.63. The number of rotatable bonds is 2. The van der Waals surface area contributed by atoms with Gasteiger partial charge < -0.3 is 10.2 Å². The SMILES string of the molecule is CSc1ccc(-c2cccc3c2N2CCNCCC2C3)cc1. The van der Waals surface area contributed by atoms with Crippen molar-refractivity contribution < 1.29 is 0 Å². The van der Waals surface area contributed by atoms with Gasteiger partial charge in [-0.1, -0.05) is 30.3 Å². The van der Waals surface area contributed by atoms with Crippen molar-refractivity contribution in [2.24, 2.45) is 0 Å². The fourth-order valence-electron chi connectivity index (χ4n) is 3.79. The van der Waals surface area contributed by atoms with Crippen molar-refractivity contribution in [3.8, 4) is 11.1 Å². The molecule has 2 aromatic rings. The first kappa shape index (κ1) is 14.2. The third-order valence-electron chi connectivity index (χ3n) is 4.89. The average molecular weight is 310 g/mol. The summed E-state index contributed by atoms with van der Waals surface area (Å²) in [5.41, 5.74) is 5.74. The molecule has 2 nitrogen and oxygen atoms in total. The van der Waals surface area contributed by atoms with Gasteiger partial charge >= 0.3 is 0 Å². The zero-order valence-corrected chi connectivity index (χ0v) is 13.8. The summed E-state index contributed by atoms with van der Waals surface area (Å²) in [5, 5.41) is 3.54. The largest absolute Gasteiger partial charge is 0.366 e. The maximum absolute atomic E-state index is 3.54. The number of thioether (sulfide) groups is 1. The maximum Gasteiger partial charge on any atom is 0.0482 e. The summed E-state index contributed by atoms with van der Waals surface area (Å²) < 4.78 is 0. The van der Waals surface area contributed by atoms with Gasteiger partial charge in [0.25, 0.3) is 0 Å². The molecule has 0 aromatic heterocycles. The Morgan fingerprint density at radius 1 is 1.09 bits per heavy atom. The molecule has 0 spiro atoms. The molecular formula is C19H22N2S. The highest BCUT2D eigenvalue weighted by Gasteiger charge is 2.31. The number of nitrogens with zero attached hydrogens (tertiary/aromatic N) is 1. The highest BCUT2D eigenvalue weighted by Crippen LogP contribution is 2.41. The van der Waals surface area contributed by atoms with E-state index >= 15 is 0 Å². The molecule has 1 fully saturated rings. The number of para-hydroxylation sites is 1. The Balaban J connectivity index is 1.77. The summed E-state index contributed by atoms with van der Waals surface area (Å²) in [7, 11) is 0. The van der Waals surface area contributed by atoms with Crippen LogP contribution >= 0.6 is 11.8 Å². The number of anilines is 1. The molecular weight excluding hydrogens is 288 g/mol. The van der Waals surface area contributed by atoms with Gasteiger partial charge in [0.2, 0.25) is 0 Å². The van der Waals surface area contributed by atoms with Crippen LogP contribution in [-0.4, -0.2) is 31.9 Å². The molecule has 0 aliphatic carbocycles. The zero-order valence-electron chi connectivity index (χ0n) is 13.0. The van der Waals surface area contributed by atoms with E-state index in [9.17, 15) is 0 Å². The van der Waals surface area contributed by atoms with E-state index in [-0.39, 0.29) is 0 Å². The van der Waals surface area contributed by atoms with E-state index in [0.29, 0.717) is 6.04 Å². The number of hydrogen-bond acceptors (Lipinski definition) is 3. The van der Waals surface area contributed by atoms with Crippen LogP contribution in [0.2, 0.25) is 0 Å². The smallest absolute Gasteiger partial charge is 0.0482 e. The van der Waals surface area contributed by atoms with Crippen LogP contribution in [-0.2, 0) is 6.42 Å². The molecule has 3 heteroatoms. The van der Waals surface area contributed by atoms with Crippen LogP contribution in [0.25, 0.3) is 11.1 Å². The summed E-state index contributed by atoms with van der Waals surface area (Å²) in [6.45, 7) is 3.36. The molecule has 0 radical (unpaired) electrons. The molecule has 2 aliphatic rings. The lowest BCUT2D eigenvalue weighted by atomic mass is 10.00. The minimum absolute atomic E-state index is 0.677. The van der Waals surface area contributed by atoms with E-state index in [1.807, 2.05) is 0 Å². The molecule has 0 saturated carbocycles. The van der Waals surface area contributed by atoms with E-state index in [2.05, 4.69) is 58.9 Å². The van der Waals surface area contributed by atoms with Crippen LogP contribution in [0.15, 0.2) is 47.4 Å². The molecule has 114 valence electrons. The van der Waals surface area contributed by atoms with Gasteiger partial charge in [0.1, 0.15) is 0 Å². The Bertz CT molecular complexity index is 666. The van der Waals surface area contributed by atoms with Gasteiger partial charge in [-0.2, -0.15) is 0 Å². The van der Waals surface area contributed by atoms with Crippen molar-refractivity contribution in [2.45, 2.75) is 23.8 Å². The first-order valence-corrected chi connectivity index (χ1v) is 9.33. The normalized spacial score (nSPS) is 20.4. The summed E-state index contributed by atoms with van der Waals surface area (Å²) in [5.74, 6) is 0. The summed E-state index contributed by atoms with van der Waals surface area (Å²) >= 11 is 1.80. The van der Waals surface area contributed by atoms with Gasteiger partial charge in [0.05, 0.1) is 0 Å². The van der Waals surface area contributed by atoms with E-state index < -0.39 is 0 Å². The quantitative estimate of drug-likeness (QED) is 0.849. The topological polar surface area (TPSA) is 15.3 Å². The highest BCUT2D eigenvalue weighted by atomic mass is 32.2. The Morgan fingerprint density at radius 3 is 2.77 bits per heavy atom. The number of nitrogens with one attached hydrogen (secondary N) is 1. The van der Waals surface area contributed by atoms with Gasteiger partial charge in [0.15, 0.2) is 0 Å². The minimum atomic E-state index is 0.677. The average Bonchev–Trinajstić information content (AvgIpc) is 2.76. The van der Waals surface area contributed by atoms with Crippen LogP contribution in [0.3, 0.4) is 0 Å². The van der Waals surface area contributed by atoms with Crippen LogP contribution in [0, 0.1) is 0 Å². The van der Waals surface area contributed by atoms with Crippen molar-refractivity contribution in [1.29, 1.82) is 0 Å². The summed E-state index contributed by atoms with van der Waals surface area (Å²) in [6, 6.07) is 16.5. The fraction of sp³-hybridized carbons (Fsp3) is 0.368. The lowest BCUT2D eigenvalue weighted by Crippen LogP contribution is -2.33. The predicted molar refractivity (Wildman–Crippen MR) is 96.0 cm³/mol. The second-order valence-corrected chi connectivity index (χ2v) is 7.01. The molecule has 1 N–H and O–H groups in total. The van der Waals surface area contributed by atoms with E-state index in [4.69, 9.17) is 0 Å². The third kappa shape index (κ3) is 2.42. The van der Waals surface area contributed by atoms with E-state index in [1.165, 1.54) is 40.1 Å². The van der Waals surface area contributed by atoms with Crippen LogP contribution < -0.4 is 10.2 Å². The molecule has 1 unspecified atom stereocenters. The van der Waals surface area contributed by atoms with Crippen molar-refractivity contribution in [3.63, 3.8) is 0 Å². The number of hydrogen-bond donors (Lipinski definition) is 1. The van der Waals surface area contributed by atoms with Crippen molar-refractivity contribution >= 4 is 17.4 Å². The lowest BCUT2D eigenvalue weighted by molar-refractivity contribution is 0.612. The second-order valence-electron chi connectivity index (χ2n) is 6.13. The van der Waals surface area contributed by atoms with Gasteiger partial charge in [-0.15, -0.1) is 11.8 Å². The van der Waals surface area contributed by atoms with Crippen molar-refractivity contribution in [3.05, 3.63) is 48.0 Å². The Hall–Kier alpha value is -1.45. The predicted octanol–water partition coefficient (Wildman–Crippen LogP) is 3.80. The van der Waals surface area contributed by atoms with Crippen molar-refractivity contribution in [1.82, 2.24) is 5.32 Å². The molecule has 22 heavy (non-hydrogen) atoms. The van der Waals surface area contributed by atoms with E-state index in [1.54, 1.807) is 11.8 Å². The minimum Gasteiger partial charge on any atom is -0.366 e. The van der Waals surface area contributed by atoms with Crippen LogP contribution in [0.5, 0.6) is 0 Å². The van der Waals surface area contributed by atoms with Gasteiger partial charge in [0, 0.05) is 35.3 Å². The van der Waals surface area contributed by atoms with Gasteiger partial charge in [-0.25, -0.2) is 0 Å². The summed E-state index contributed by atoms with van der Waals surface area (Å²) in [4.78, 5) is 3.97. The Kier molecular flexibility index (Phi) is 3.85. The maximum atomic E-state index is 3.54. The standard InChI is InChI=1S/C19H22N2S/c1-22-17-7-5-14(6-8-17)18-4-2-3-15-13-16-9-10-20-11-12-21(16)19(15)18/h2-8,16,20H,9-13H2,1H3. The molecule has 1 atom stereocenters. The zero-order chi connectivity index (χ0) is 14.9. The first-order chi connectivity index (χ1) is 10.9. The fourth-order valence-corrected chi connectivity index (χ4v) is 4.20. The van der Waals surface area contributed by atoms with Crippen LogP contribution in [0.4, 0.5) is 5.69 Å². The lowest BCUT2D eigenvalue weighted by Gasteiger charge is -2.26. The first-order valence-electron chi connectivity index (χ1n) is 8.10. The molecule has 2 aliphatic heterocycles. The molecule has 2 heterocycles. The number of fused-ring (bicyclic) bond motifs is 3. The highest BCUT2D eigenvalue weighted by molar-refractivity contribution is 7.98. The Morgan fingerprint density at radius 2 is 1.95 bits per heavy atom. The van der Waals surface area contributed by atoms with Crippen LogP contribution in [0.1, 0.15) is 12.0 Å². The van der Waals surface area contributed by atoms with E-state index in [0.717, 1.165) is 19.6 Å². The molecule has 4 rings (SSSR count). The van der Waals surface area contributed by atoms with Gasteiger partial charge in [-0.05, 0) is 48.9 Å². The monoisotopic (exact) mass is 310 g/mol. The van der Waals surface area contributed by atoms with Gasteiger partial charge in [-0.3, -0.25) is 0 Å². The molecule has 0 bridgehead atoms. The van der Waals surface area contributed by atoms with Crippen molar-refractivity contribution in [2.75, 3.05) is 30.8 Å².